The predicted octanol–water partition coefficient (Wildman–Crippen LogP) is 3.60. The number of rotatable bonds is 1. The third-order valence-corrected chi connectivity index (χ3v) is 3.27. The minimum atomic E-state index is 0.964. The van der Waals surface area contributed by atoms with Crippen molar-refractivity contribution in [1.82, 2.24) is 9.97 Å². The first kappa shape index (κ1) is 8.68. The molecule has 15 heavy (non-hydrogen) atoms. The van der Waals surface area contributed by atoms with E-state index in [0.29, 0.717) is 0 Å². The highest BCUT2D eigenvalue weighted by Gasteiger charge is 2.05. The standard InChI is InChI=1S/C12H10N2S/c1-8-4-5-9-10(7-8)14-12(13-9)11-3-2-6-15-11/h2-7H,1H3,(H,13,14). The van der Waals surface area contributed by atoms with Gasteiger partial charge in [0.25, 0.3) is 0 Å². The van der Waals surface area contributed by atoms with Crippen molar-refractivity contribution in [3.8, 4) is 10.7 Å². The number of aromatic nitrogens is 2. The maximum atomic E-state index is 4.57. The second kappa shape index (κ2) is 3.21. The number of fused-ring (bicyclic) bond motifs is 1. The fourth-order valence-corrected chi connectivity index (χ4v) is 2.32. The largest absolute Gasteiger partial charge is 0.337 e. The normalized spacial score (nSPS) is 11.0. The highest BCUT2D eigenvalue weighted by molar-refractivity contribution is 7.13. The first-order valence-electron chi connectivity index (χ1n) is 4.83. The first-order chi connectivity index (χ1) is 7.33. The van der Waals surface area contributed by atoms with Crippen molar-refractivity contribution in [3.63, 3.8) is 0 Å². The van der Waals surface area contributed by atoms with E-state index in [1.165, 1.54) is 10.4 Å². The summed E-state index contributed by atoms with van der Waals surface area (Å²) in [7, 11) is 0. The van der Waals surface area contributed by atoms with Crippen molar-refractivity contribution in [3.05, 3.63) is 41.3 Å². The SMILES string of the molecule is Cc1ccc2[nH]c(-c3cccs3)nc2c1. The Hall–Kier alpha value is -1.61. The topological polar surface area (TPSA) is 28.7 Å². The van der Waals surface area contributed by atoms with Crippen LogP contribution >= 0.6 is 11.3 Å². The molecule has 0 spiro atoms. The van der Waals surface area contributed by atoms with Gasteiger partial charge in [0.15, 0.2) is 0 Å². The molecule has 3 heteroatoms. The molecule has 0 atom stereocenters. The number of imidazole rings is 1. The van der Waals surface area contributed by atoms with Gasteiger partial charge in [-0.05, 0) is 36.1 Å². The van der Waals surface area contributed by atoms with Crippen molar-refractivity contribution < 1.29 is 0 Å². The molecule has 0 aliphatic carbocycles. The molecule has 0 aliphatic heterocycles. The van der Waals surface area contributed by atoms with Gasteiger partial charge in [-0.3, -0.25) is 0 Å². The first-order valence-corrected chi connectivity index (χ1v) is 5.71. The molecule has 74 valence electrons. The van der Waals surface area contributed by atoms with Gasteiger partial charge in [0.2, 0.25) is 0 Å². The molecule has 1 N–H and O–H groups in total. The lowest BCUT2D eigenvalue weighted by Gasteiger charge is -1.88. The Kier molecular flexibility index (Phi) is 1.86. The number of nitrogens with one attached hydrogen (secondary N) is 1. The summed E-state index contributed by atoms with van der Waals surface area (Å²) in [5, 5.41) is 2.06. The van der Waals surface area contributed by atoms with Crippen LogP contribution in [0.15, 0.2) is 35.7 Å². The van der Waals surface area contributed by atoms with Crippen LogP contribution in [0.25, 0.3) is 21.7 Å². The van der Waals surface area contributed by atoms with E-state index >= 15 is 0 Å². The third-order valence-electron chi connectivity index (χ3n) is 2.39. The highest BCUT2D eigenvalue weighted by atomic mass is 32.1. The van der Waals surface area contributed by atoms with Gasteiger partial charge >= 0.3 is 0 Å². The Morgan fingerprint density at radius 2 is 2.20 bits per heavy atom. The van der Waals surface area contributed by atoms with E-state index in [1.54, 1.807) is 11.3 Å². The highest BCUT2D eigenvalue weighted by Crippen LogP contribution is 2.24. The molecular weight excluding hydrogens is 204 g/mol. The van der Waals surface area contributed by atoms with Gasteiger partial charge in [-0.1, -0.05) is 12.1 Å². The number of benzene rings is 1. The fourth-order valence-electron chi connectivity index (χ4n) is 1.65. The number of aromatic amines is 1. The molecule has 0 fully saturated rings. The molecule has 2 heterocycles. The van der Waals surface area contributed by atoms with E-state index < -0.39 is 0 Å². The molecule has 0 unspecified atom stereocenters. The van der Waals surface area contributed by atoms with Gasteiger partial charge in [-0.25, -0.2) is 4.98 Å². The zero-order chi connectivity index (χ0) is 10.3. The van der Waals surface area contributed by atoms with Crippen LogP contribution in [0.1, 0.15) is 5.56 Å². The van der Waals surface area contributed by atoms with E-state index in [2.05, 4.69) is 46.5 Å². The average Bonchev–Trinajstić information content (AvgIpc) is 2.84. The van der Waals surface area contributed by atoms with Gasteiger partial charge in [-0.2, -0.15) is 0 Å². The summed E-state index contributed by atoms with van der Waals surface area (Å²) in [5.74, 6) is 0.964. The molecule has 2 nitrogen and oxygen atoms in total. The fraction of sp³-hybridized carbons (Fsp3) is 0.0833. The number of aryl methyl sites for hydroxylation is 1. The lowest BCUT2D eigenvalue weighted by Crippen LogP contribution is -1.72. The van der Waals surface area contributed by atoms with Gasteiger partial charge in [0.1, 0.15) is 5.82 Å². The summed E-state index contributed by atoms with van der Waals surface area (Å²) < 4.78 is 0. The second-order valence-electron chi connectivity index (χ2n) is 3.58. The van der Waals surface area contributed by atoms with Crippen LogP contribution in [-0.2, 0) is 0 Å². The molecule has 0 saturated heterocycles. The Bertz CT molecular complexity index is 593. The number of H-pyrrole nitrogens is 1. The van der Waals surface area contributed by atoms with Crippen LogP contribution in [0.4, 0.5) is 0 Å². The average molecular weight is 214 g/mol. The Morgan fingerprint density at radius 3 is 3.00 bits per heavy atom. The van der Waals surface area contributed by atoms with E-state index in [-0.39, 0.29) is 0 Å². The zero-order valence-corrected chi connectivity index (χ0v) is 9.14. The Labute approximate surface area is 91.6 Å². The van der Waals surface area contributed by atoms with Crippen molar-refractivity contribution in [2.75, 3.05) is 0 Å². The van der Waals surface area contributed by atoms with Crippen LogP contribution in [0.2, 0.25) is 0 Å². The Balaban J connectivity index is 2.22. The van der Waals surface area contributed by atoms with E-state index in [4.69, 9.17) is 0 Å². The monoisotopic (exact) mass is 214 g/mol. The van der Waals surface area contributed by atoms with Crippen LogP contribution in [0.5, 0.6) is 0 Å². The summed E-state index contributed by atoms with van der Waals surface area (Å²) in [4.78, 5) is 9.08. The third kappa shape index (κ3) is 1.45. The van der Waals surface area contributed by atoms with Crippen molar-refractivity contribution in [2.45, 2.75) is 6.92 Å². The van der Waals surface area contributed by atoms with Crippen LogP contribution in [-0.4, -0.2) is 9.97 Å². The van der Waals surface area contributed by atoms with Crippen molar-refractivity contribution in [2.24, 2.45) is 0 Å². The molecule has 2 aromatic heterocycles. The lowest BCUT2D eigenvalue weighted by atomic mass is 10.2. The lowest BCUT2D eigenvalue weighted by molar-refractivity contribution is 1.36. The molecule has 0 bridgehead atoms. The van der Waals surface area contributed by atoms with E-state index in [9.17, 15) is 0 Å². The van der Waals surface area contributed by atoms with Crippen molar-refractivity contribution >= 4 is 22.4 Å². The molecule has 0 saturated carbocycles. The number of nitrogens with zero attached hydrogens (tertiary/aromatic N) is 1. The zero-order valence-electron chi connectivity index (χ0n) is 8.32. The van der Waals surface area contributed by atoms with E-state index in [1.807, 2.05) is 6.07 Å². The summed E-state index contributed by atoms with van der Waals surface area (Å²) >= 11 is 1.70. The summed E-state index contributed by atoms with van der Waals surface area (Å²) in [6.45, 7) is 2.08. The van der Waals surface area contributed by atoms with Gasteiger partial charge < -0.3 is 4.98 Å². The van der Waals surface area contributed by atoms with E-state index in [0.717, 1.165) is 16.9 Å². The summed E-state index contributed by atoms with van der Waals surface area (Å²) in [6.07, 6.45) is 0. The number of hydrogen-bond donors (Lipinski definition) is 1. The number of hydrogen-bond acceptors (Lipinski definition) is 2. The predicted molar refractivity (Wildman–Crippen MR) is 64.1 cm³/mol. The summed E-state index contributed by atoms with van der Waals surface area (Å²) in [6, 6.07) is 10.4. The van der Waals surface area contributed by atoms with Crippen LogP contribution in [0.3, 0.4) is 0 Å². The number of thiophene rings is 1. The van der Waals surface area contributed by atoms with Crippen molar-refractivity contribution in [1.29, 1.82) is 0 Å². The molecule has 0 aliphatic rings. The maximum absolute atomic E-state index is 4.57. The molecule has 0 radical (unpaired) electrons. The molecule has 3 aromatic rings. The van der Waals surface area contributed by atoms with Gasteiger partial charge in [0, 0.05) is 0 Å². The summed E-state index contributed by atoms with van der Waals surface area (Å²) in [5.41, 5.74) is 3.38. The molecule has 3 rings (SSSR count). The van der Waals surface area contributed by atoms with Gasteiger partial charge in [0.05, 0.1) is 15.9 Å². The minimum Gasteiger partial charge on any atom is -0.337 e. The quantitative estimate of drug-likeness (QED) is 0.658. The molecular formula is C12H10N2S. The smallest absolute Gasteiger partial charge is 0.148 e. The maximum Gasteiger partial charge on any atom is 0.148 e. The van der Waals surface area contributed by atoms with Gasteiger partial charge in [-0.15, -0.1) is 11.3 Å². The molecule has 1 aromatic carbocycles. The van der Waals surface area contributed by atoms with Crippen LogP contribution in [0, 0.1) is 6.92 Å². The van der Waals surface area contributed by atoms with Crippen LogP contribution < -0.4 is 0 Å². The molecule has 0 amide bonds. The second-order valence-corrected chi connectivity index (χ2v) is 4.53. The minimum absolute atomic E-state index is 0.964. The Morgan fingerprint density at radius 1 is 1.27 bits per heavy atom.